The second-order valence-corrected chi connectivity index (χ2v) is 11.5. The quantitative estimate of drug-likeness (QED) is 0.101. The first-order valence-electron chi connectivity index (χ1n) is 16.6. The van der Waals surface area contributed by atoms with Crippen molar-refractivity contribution in [2.75, 3.05) is 108 Å². The van der Waals surface area contributed by atoms with E-state index in [1.807, 2.05) is 35.2 Å². The van der Waals surface area contributed by atoms with Gasteiger partial charge in [0.1, 0.15) is 5.02 Å². The number of anilines is 5. The number of hydrogen-bond donors (Lipinski definition) is 5. The number of hydrogen-bond acceptors (Lipinski definition) is 12. The number of carbonyl (C=O) groups is 3. The topological polar surface area (TPSA) is 189 Å². The molecule has 1 fully saturated rings. The zero-order valence-electron chi connectivity index (χ0n) is 28.6. The number of ether oxygens (including phenoxy) is 4. The first-order chi connectivity index (χ1) is 24.8. The lowest BCUT2D eigenvalue weighted by molar-refractivity contribution is -0.132. The number of rotatable bonds is 21. The second kappa shape index (κ2) is 21.5. The Labute approximate surface area is 301 Å². The lowest BCUT2D eigenvalue weighted by Crippen LogP contribution is -2.49. The van der Waals surface area contributed by atoms with Crippen molar-refractivity contribution in [2.45, 2.75) is 6.42 Å². The van der Waals surface area contributed by atoms with Gasteiger partial charge in [0.15, 0.2) is 5.82 Å². The van der Waals surface area contributed by atoms with Gasteiger partial charge in [0.2, 0.25) is 11.9 Å². The predicted octanol–water partition coefficient (Wildman–Crippen LogP) is 3.35. The summed E-state index contributed by atoms with van der Waals surface area (Å²) in [6, 6.07) is 15.0. The molecule has 0 unspecified atom stereocenters. The van der Waals surface area contributed by atoms with Crippen molar-refractivity contribution in [3.8, 4) is 0 Å². The Kier molecular flexibility index (Phi) is 16.4. The number of amides is 3. The number of halogens is 1. The predicted molar refractivity (Wildman–Crippen MR) is 193 cm³/mol. The molecule has 276 valence electrons. The molecule has 0 radical (unpaired) electrons. The molecule has 2 aromatic carbocycles. The third-order valence-corrected chi connectivity index (χ3v) is 7.89. The van der Waals surface area contributed by atoms with Crippen LogP contribution in [0.5, 0.6) is 0 Å². The van der Waals surface area contributed by atoms with Crippen LogP contribution in [0.25, 0.3) is 0 Å². The number of carboxylic acid groups (broad SMARTS) is 1. The molecule has 17 heteroatoms. The average Bonchev–Trinajstić information content (AvgIpc) is 3.14. The van der Waals surface area contributed by atoms with Crippen molar-refractivity contribution >= 4 is 58.3 Å². The Bertz CT molecular complexity index is 1540. The van der Waals surface area contributed by atoms with Gasteiger partial charge >= 0.3 is 6.09 Å². The van der Waals surface area contributed by atoms with Crippen LogP contribution >= 0.6 is 11.6 Å². The molecular formula is C34H45ClN8O8. The van der Waals surface area contributed by atoms with Gasteiger partial charge in [-0.25, -0.2) is 9.78 Å². The van der Waals surface area contributed by atoms with E-state index in [9.17, 15) is 14.4 Å². The van der Waals surface area contributed by atoms with E-state index in [2.05, 4.69) is 36.1 Å². The summed E-state index contributed by atoms with van der Waals surface area (Å²) in [5, 5.41) is 19.9. The number of carbonyl (C=O) groups excluding carboxylic acids is 2. The number of benzene rings is 2. The van der Waals surface area contributed by atoms with Gasteiger partial charge in [0.25, 0.3) is 5.91 Å². The van der Waals surface area contributed by atoms with Crippen molar-refractivity contribution in [3.63, 3.8) is 0 Å². The summed E-state index contributed by atoms with van der Waals surface area (Å²) in [5.41, 5.74) is 2.86. The van der Waals surface area contributed by atoms with E-state index >= 15 is 0 Å². The van der Waals surface area contributed by atoms with E-state index in [-0.39, 0.29) is 18.4 Å². The Morgan fingerprint density at radius 1 is 0.824 bits per heavy atom. The van der Waals surface area contributed by atoms with E-state index in [4.69, 9.17) is 35.7 Å². The molecule has 3 aromatic rings. The van der Waals surface area contributed by atoms with Crippen LogP contribution in [0.15, 0.2) is 54.7 Å². The molecule has 4 rings (SSSR count). The highest BCUT2D eigenvalue weighted by Gasteiger charge is 2.21. The molecule has 2 heterocycles. The van der Waals surface area contributed by atoms with Gasteiger partial charge in [-0.2, -0.15) is 4.98 Å². The Balaban J connectivity index is 1.09. The van der Waals surface area contributed by atoms with Gasteiger partial charge in [0.05, 0.1) is 76.7 Å². The minimum Gasteiger partial charge on any atom is -0.465 e. The molecule has 51 heavy (non-hydrogen) atoms. The summed E-state index contributed by atoms with van der Waals surface area (Å²) < 4.78 is 21.6. The summed E-state index contributed by atoms with van der Waals surface area (Å²) in [4.78, 5) is 48.2. The fraction of sp³-hybridized carbons (Fsp3) is 0.441. The minimum absolute atomic E-state index is 0.0680. The maximum atomic E-state index is 12.7. The molecule has 16 nitrogen and oxygen atoms in total. The zero-order chi connectivity index (χ0) is 36.3. The zero-order valence-corrected chi connectivity index (χ0v) is 29.3. The molecule has 0 spiro atoms. The van der Waals surface area contributed by atoms with Crippen molar-refractivity contribution in [1.82, 2.24) is 25.5 Å². The highest BCUT2D eigenvalue weighted by atomic mass is 35.5. The molecule has 1 aromatic heterocycles. The molecule has 0 bridgehead atoms. The fourth-order valence-corrected chi connectivity index (χ4v) is 5.11. The van der Waals surface area contributed by atoms with E-state index in [0.717, 1.165) is 24.5 Å². The van der Waals surface area contributed by atoms with Crippen LogP contribution in [-0.4, -0.2) is 131 Å². The van der Waals surface area contributed by atoms with E-state index in [1.54, 1.807) is 25.2 Å². The first-order valence-corrected chi connectivity index (χ1v) is 17.0. The molecule has 3 amide bonds. The molecule has 0 aliphatic carbocycles. The fourth-order valence-electron chi connectivity index (χ4n) is 4.98. The normalized spacial score (nSPS) is 12.7. The molecule has 1 aliphatic heterocycles. The monoisotopic (exact) mass is 728 g/mol. The van der Waals surface area contributed by atoms with Gasteiger partial charge in [-0.05, 0) is 36.4 Å². The molecule has 0 saturated carbocycles. The maximum absolute atomic E-state index is 12.7. The highest BCUT2D eigenvalue weighted by Crippen LogP contribution is 2.27. The second-order valence-electron chi connectivity index (χ2n) is 11.1. The largest absolute Gasteiger partial charge is 0.465 e. The van der Waals surface area contributed by atoms with Crippen molar-refractivity contribution < 1.29 is 38.4 Å². The summed E-state index contributed by atoms with van der Waals surface area (Å²) in [6.45, 7) is 5.96. The van der Waals surface area contributed by atoms with Crippen LogP contribution < -0.4 is 26.2 Å². The lowest BCUT2D eigenvalue weighted by atomic mass is 10.1. The molecule has 1 saturated heterocycles. The highest BCUT2D eigenvalue weighted by molar-refractivity contribution is 6.33. The molecular weight excluding hydrogens is 684 g/mol. The lowest BCUT2D eigenvalue weighted by Gasteiger charge is -2.36. The number of para-hydroxylation sites is 1. The molecule has 0 atom stereocenters. The SMILES string of the molecule is CNC(=O)c1ccccc1Nc1nc(Nc2ccc(N3CCN(C(=O)CCOCCOCCOCCOCCNC(=O)O)CC3)cc2)ncc1Cl. The number of nitrogens with zero attached hydrogens (tertiary/aromatic N) is 4. The van der Waals surface area contributed by atoms with Crippen LogP contribution in [0.3, 0.4) is 0 Å². The third kappa shape index (κ3) is 13.5. The number of nitrogens with one attached hydrogen (secondary N) is 4. The van der Waals surface area contributed by atoms with Gasteiger partial charge in [-0.1, -0.05) is 23.7 Å². The van der Waals surface area contributed by atoms with E-state index in [1.165, 1.54) is 6.20 Å². The van der Waals surface area contributed by atoms with Gasteiger partial charge in [-0.3, -0.25) is 9.59 Å². The van der Waals surface area contributed by atoms with Gasteiger partial charge < -0.3 is 55.1 Å². The Hall–Kier alpha value is -4.74. The van der Waals surface area contributed by atoms with Crippen LogP contribution in [0.4, 0.5) is 33.6 Å². The van der Waals surface area contributed by atoms with Crippen LogP contribution in [0.2, 0.25) is 5.02 Å². The van der Waals surface area contributed by atoms with E-state index in [0.29, 0.717) is 100 Å². The number of aromatic nitrogens is 2. The average molecular weight is 729 g/mol. The first kappa shape index (κ1) is 39.1. The van der Waals surface area contributed by atoms with Crippen molar-refractivity contribution in [2.24, 2.45) is 0 Å². The van der Waals surface area contributed by atoms with Crippen LogP contribution in [0.1, 0.15) is 16.8 Å². The van der Waals surface area contributed by atoms with Crippen molar-refractivity contribution in [3.05, 3.63) is 65.3 Å². The summed E-state index contributed by atoms with van der Waals surface area (Å²) in [5.74, 6) is 0.535. The Morgan fingerprint density at radius 3 is 2.10 bits per heavy atom. The van der Waals surface area contributed by atoms with Crippen LogP contribution in [0, 0.1) is 0 Å². The molecule has 1 aliphatic rings. The van der Waals surface area contributed by atoms with Gasteiger partial charge in [-0.15, -0.1) is 0 Å². The van der Waals surface area contributed by atoms with Crippen LogP contribution in [-0.2, 0) is 23.7 Å². The Morgan fingerprint density at radius 2 is 1.45 bits per heavy atom. The summed E-state index contributed by atoms with van der Waals surface area (Å²) >= 11 is 6.36. The van der Waals surface area contributed by atoms with Gasteiger partial charge in [0, 0.05) is 51.1 Å². The van der Waals surface area contributed by atoms with Crippen molar-refractivity contribution in [1.29, 1.82) is 0 Å². The smallest absolute Gasteiger partial charge is 0.404 e. The third-order valence-electron chi connectivity index (χ3n) is 7.62. The summed E-state index contributed by atoms with van der Waals surface area (Å²) in [7, 11) is 1.57. The maximum Gasteiger partial charge on any atom is 0.404 e. The molecule has 5 N–H and O–H groups in total. The summed E-state index contributed by atoms with van der Waals surface area (Å²) in [6.07, 6.45) is 0.733. The standard InChI is InChI=1S/C34H45ClN8O8/c1-36-32(45)27-4-2-3-5-29(27)40-31-28(35)24-38-33(41-31)39-25-6-8-26(9-7-25)42-12-14-43(15-13-42)30(44)10-16-48-18-20-50-22-23-51-21-19-49-17-11-37-34(46)47/h2-9,24,37H,10-23H2,1H3,(H,36,45)(H,46,47)(H2,38,39,40,41). The minimum atomic E-state index is -1.07. The van der Waals surface area contributed by atoms with E-state index < -0.39 is 6.09 Å². The number of piperazine rings is 1.